The lowest BCUT2D eigenvalue weighted by Crippen LogP contribution is -2.07. The molecular formula is C22H19ClN2O2S. The van der Waals surface area contributed by atoms with Crippen molar-refractivity contribution in [3.63, 3.8) is 0 Å². The summed E-state index contributed by atoms with van der Waals surface area (Å²) in [5, 5.41) is 5.04. The summed E-state index contributed by atoms with van der Waals surface area (Å²) in [4.78, 5) is 16.9. The molecule has 1 aromatic heterocycles. The molecule has 0 atom stereocenters. The summed E-state index contributed by atoms with van der Waals surface area (Å²) >= 11 is 8.21. The van der Waals surface area contributed by atoms with E-state index in [1.165, 1.54) is 12.7 Å². The summed E-state index contributed by atoms with van der Waals surface area (Å²) in [6, 6.07) is 13.0. The van der Waals surface area contributed by atoms with Gasteiger partial charge >= 0.3 is 5.97 Å². The molecule has 2 heterocycles. The highest BCUT2D eigenvalue weighted by molar-refractivity contribution is 7.99. The second-order valence-corrected chi connectivity index (χ2v) is 8.01. The largest absolute Gasteiger partial charge is 0.465 e. The predicted molar refractivity (Wildman–Crippen MR) is 118 cm³/mol. The van der Waals surface area contributed by atoms with Crippen LogP contribution in [-0.2, 0) is 4.74 Å². The Hall–Kier alpha value is -2.50. The topological polar surface area (TPSA) is 51.2 Å². The highest BCUT2D eigenvalue weighted by Crippen LogP contribution is 2.38. The molecular weight excluding hydrogens is 392 g/mol. The fourth-order valence-corrected chi connectivity index (χ4v) is 4.35. The first kappa shape index (κ1) is 18.8. The van der Waals surface area contributed by atoms with Gasteiger partial charge in [-0.2, -0.15) is 11.8 Å². The van der Waals surface area contributed by atoms with E-state index in [0.29, 0.717) is 16.3 Å². The molecule has 142 valence electrons. The van der Waals surface area contributed by atoms with E-state index in [1.807, 2.05) is 54.4 Å². The quantitative estimate of drug-likeness (QED) is 0.539. The Bertz CT molecular complexity index is 1080. The first-order valence-corrected chi connectivity index (χ1v) is 10.5. The molecule has 3 aromatic rings. The van der Waals surface area contributed by atoms with Crippen molar-refractivity contribution in [3.8, 4) is 0 Å². The van der Waals surface area contributed by atoms with E-state index in [1.54, 1.807) is 6.07 Å². The monoisotopic (exact) mass is 410 g/mol. The highest BCUT2D eigenvalue weighted by Gasteiger charge is 2.18. The van der Waals surface area contributed by atoms with Crippen molar-refractivity contribution >= 4 is 57.2 Å². The standard InChI is InChI=1S/C22H19ClN2O2S/c1-27-22(26)16-4-2-3-5-20(16)25-21-17-12-15(23)6-7-19(17)24-13-18(21)14-8-10-28-11-9-14/h2-8,12-13H,9-11H2,1H3,(H,24,25). The minimum atomic E-state index is -0.380. The van der Waals surface area contributed by atoms with Crippen LogP contribution < -0.4 is 5.32 Å². The molecule has 0 bridgehead atoms. The summed E-state index contributed by atoms with van der Waals surface area (Å²) < 4.78 is 4.94. The smallest absolute Gasteiger partial charge is 0.339 e. The van der Waals surface area contributed by atoms with Gasteiger partial charge in [0.05, 0.1) is 29.6 Å². The number of nitrogens with zero attached hydrogens (tertiary/aromatic N) is 1. The fourth-order valence-electron chi connectivity index (χ4n) is 3.33. The van der Waals surface area contributed by atoms with Gasteiger partial charge in [-0.25, -0.2) is 4.79 Å². The molecule has 0 saturated heterocycles. The molecule has 0 radical (unpaired) electrons. The van der Waals surface area contributed by atoms with E-state index in [0.717, 1.165) is 40.1 Å². The molecule has 2 aromatic carbocycles. The Labute approximate surface area is 173 Å². The highest BCUT2D eigenvalue weighted by atomic mass is 35.5. The van der Waals surface area contributed by atoms with Crippen LogP contribution in [0, 0.1) is 0 Å². The number of aromatic nitrogens is 1. The maximum atomic E-state index is 12.2. The van der Waals surface area contributed by atoms with Crippen LogP contribution in [0.3, 0.4) is 0 Å². The molecule has 0 aliphatic carbocycles. The number of pyridine rings is 1. The zero-order valence-electron chi connectivity index (χ0n) is 15.4. The number of methoxy groups -OCH3 is 1. The third-order valence-corrected chi connectivity index (χ3v) is 5.86. The molecule has 0 spiro atoms. The number of anilines is 2. The summed E-state index contributed by atoms with van der Waals surface area (Å²) in [6.45, 7) is 0. The minimum absolute atomic E-state index is 0.380. The Morgan fingerprint density at radius 1 is 1.25 bits per heavy atom. The van der Waals surface area contributed by atoms with Crippen molar-refractivity contribution in [2.75, 3.05) is 23.9 Å². The summed E-state index contributed by atoms with van der Waals surface area (Å²) in [5.74, 6) is 1.69. The predicted octanol–water partition coefficient (Wildman–Crippen LogP) is 5.94. The zero-order valence-corrected chi connectivity index (χ0v) is 16.9. The number of rotatable bonds is 4. The first-order chi connectivity index (χ1) is 13.7. The number of allylic oxidation sites excluding steroid dienone is 1. The van der Waals surface area contributed by atoms with Gasteiger partial charge in [0.15, 0.2) is 0 Å². The maximum absolute atomic E-state index is 12.2. The number of nitrogens with one attached hydrogen (secondary N) is 1. The number of fused-ring (bicyclic) bond motifs is 1. The van der Waals surface area contributed by atoms with E-state index in [2.05, 4.69) is 16.4 Å². The number of thioether (sulfide) groups is 1. The molecule has 0 fully saturated rings. The van der Waals surface area contributed by atoms with Crippen molar-refractivity contribution < 1.29 is 9.53 Å². The number of esters is 1. The van der Waals surface area contributed by atoms with E-state index in [9.17, 15) is 4.79 Å². The second kappa shape index (κ2) is 8.25. The van der Waals surface area contributed by atoms with E-state index in [-0.39, 0.29) is 5.97 Å². The van der Waals surface area contributed by atoms with Crippen molar-refractivity contribution in [3.05, 3.63) is 70.9 Å². The average molecular weight is 411 g/mol. The van der Waals surface area contributed by atoms with Gasteiger partial charge < -0.3 is 10.1 Å². The third kappa shape index (κ3) is 3.73. The van der Waals surface area contributed by atoms with Gasteiger partial charge in [-0.1, -0.05) is 29.8 Å². The average Bonchev–Trinajstić information content (AvgIpc) is 2.74. The van der Waals surface area contributed by atoms with Crippen LogP contribution in [0.5, 0.6) is 0 Å². The number of hydrogen-bond acceptors (Lipinski definition) is 5. The van der Waals surface area contributed by atoms with Gasteiger partial charge in [0.1, 0.15) is 0 Å². The number of benzene rings is 2. The van der Waals surface area contributed by atoms with Crippen LogP contribution in [0.25, 0.3) is 16.5 Å². The van der Waals surface area contributed by atoms with Crippen LogP contribution >= 0.6 is 23.4 Å². The Morgan fingerprint density at radius 3 is 2.89 bits per heavy atom. The lowest BCUT2D eigenvalue weighted by atomic mass is 9.99. The molecule has 4 rings (SSSR count). The SMILES string of the molecule is COC(=O)c1ccccc1Nc1c(C2=CCSCC2)cnc2ccc(Cl)cc12. The molecule has 1 aliphatic heterocycles. The summed E-state index contributed by atoms with van der Waals surface area (Å²) in [5.41, 5.74) is 5.21. The van der Waals surface area contributed by atoms with Crippen LogP contribution in [0.15, 0.2) is 54.7 Å². The van der Waals surface area contributed by atoms with Crippen molar-refractivity contribution in [2.45, 2.75) is 6.42 Å². The summed E-state index contributed by atoms with van der Waals surface area (Å²) in [6.07, 6.45) is 5.13. The number of carbonyl (C=O) groups excluding carboxylic acids is 1. The number of halogens is 1. The van der Waals surface area contributed by atoms with Gasteiger partial charge in [0.2, 0.25) is 0 Å². The second-order valence-electron chi connectivity index (χ2n) is 6.42. The number of ether oxygens (including phenoxy) is 1. The van der Waals surface area contributed by atoms with E-state index in [4.69, 9.17) is 16.3 Å². The van der Waals surface area contributed by atoms with Crippen molar-refractivity contribution in [1.82, 2.24) is 4.98 Å². The molecule has 4 nitrogen and oxygen atoms in total. The van der Waals surface area contributed by atoms with Crippen LogP contribution in [0.4, 0.5) is 11.4 Å². The first-order valence-electron chi connectivity index (χ1n) is 8.97. The van der Waals surface area contributed by atoms with Crippen molar-refractivity contribution in [2.24, 2.45) is 0 Å². The van der Waals surface area contributed by atoms with Gasteiger partial charge in [0, 0.05) is 27.9 Å². The number of carbonyl (C=O) groups is 1. The van der Waals surface area contributed by atoms with Gasteiger partial charge in [0.25, 0.3) is 0 Å². The number of para-hydroxylation sites is 1. The van der Waals surface area contributed by atoms with Crippen LogP contribution in [0.2, 0.25) is 5.02 Å². The lowest BCUT2D eigenvalue weighted by Gasteiger charge is -2.20. The molecule has 0 unspecified atom stereocenters. The van der Waals surface area contributed by atoms with Gasteiger partial charge in [-0.05, 0) is 48.1 Å². The lowest BCUT2D eigenvalue weighted by molar-refractivity contribution is 0.0602. The fraction of sp³-hybridized carbons (Fsp3) is 0.182. The molecule has 0 amide bonds. The van der Waals surface area contributed by atoms with E-state index >= 15 is 0 Å². The molecule has 28 heavy (non-hydrogen) atoms. The van der Waals surface area contributed by atoms with Crippen LogP contribution in [0.1, 0.15) is 22.3 Å². The molecule has 1 N–H and O–H groups in total. The normalized spacial score (nSPS) is 13.9. The Kier molecular flexibility index (Phi) is 5.55. The van der Waals surface area contributed by atoms with E-state index < -0.39 is 0 Å². The third-order valence-electron chi connectivity index (χ3n) is 4.73. The molecule has 6 heteroatoms. The zero-order chi connectivity index (χ0) is 19.5. The Morgan fingerprint density at radius 2 is 2.11 bits per heavy atom. The van der Waals surface area contributed by atoms with Crippen molar-refractivity contribution in [1.29, 1.82) is 0 Å². The number of hydrogen-bond donors (Lipinski definition) is 1. The summed E-state index contributed by atoms with van der Waals surface area (Å²) in [7, 11) is 1.39. The molecule has 1 aliphatic rings. The maximum Gasteiger partial charge on any atom is 0.339 e. The van der Waals surface area contributed by atoms with Crippen LogP contribution in [-0.4, -0.2) is 29.6 Å². The van der Waals surface area contributed by atoms with Gasteiger partial charge in [-0.3, -0.25) is 4.98 Å². The minimum Gasteiger partial charge on any atom is -0.465 e. The van der Waals surface area contributed by atoms with Gasteiger partial charge in [-0.15, -0.1) is 0 Å². The Balaban J connectivity index is 1.90. The molecule has 0 saturated carbocycles.